The zero-order chi connectivity index (χ0) is 27.8. The third kappa shape index (κ3) is 6.35. The van der Waals surface area contributed by atoms with Crippen LogP contribution in [0, 0.1) is 12.7 Å². The highest BCUT2D eigenvalue weighted by molar-refractivity contribution is 5.76. The third-order valence-corrected chi connectivity index (χ3v) is 6.45. The van der Waals surface area contributed by atoms with Gasteiger partial charge >= 0.3 is 12.4 Å². The highest BCUT2D eigenvalue weighted by Gasteiger charge is 2.40. The number of nitrogens with zero attached hydrogens (tertiary/aromatic N) is 3. The second-order valence-electron chi connectivity index (χ2n) is 9.27. The van der Waals surface area contributed by atoms with Gasteiger partial charge in [-0.05, 0) is 61.4 Å². The Labute approximate surface area is 213 Å². The Kier molecular flexibility index (Phi) is 7.55. The second-order valence-corrected chi connectivity index (χ2v) is 9.27. The van der Waals surface area contributed by atoms with Gasteiger partial charge in [-0.15, -0.1) is 0 Å². The number of aromatic nitrogens is 2. The Morgan fingerprint density at radius 3 is 2.13 bits per heavy atom. The molecular weight excluding hydrogens is 519 g/mol. The van der Waals surface area contributed by atoms with Crippen molar-refractivity contribution in [1.82, 2.24) is 14.7 Å². The maximum Gasteiger partial charge on any atom is 0.416 e. The minimum absolute atomic E-state index is 0.0383. The van der Waals surface area contributed by atoms with Crippen LogP contribution in [0.3, 0.4) is 0 Å². The molecule has 0 bridgehead atoms. The van der Waals surface area contributed by atoms with E-state index >= 15 is 0 Å². The summed E-state index contributed by atoms with van der Waals surface area (Å²) in [6, 6.07) is 8.54. The lowest BCUT2D eigenvalue weighted by Gasteiger charge is -2.25. The van der Waals surface area contributed by atoms with Crippen LogP contribution in [-0.4, -0.2) is 39.8 Å². The van der Waals surface area contributed by atoms with Crippen molar-refractivity contribution in [3.8, 4) is 0 Å². The molecule has 1 amide bonds. The van der Waals surface area contributed by atoms with Crippen LogP contribution in [0.2, 0.25) is 0 Å². The van der Waals surface area contributed by atoms with Crippen LogP contribution in [0.5, 0.6) is 0 Å². The summed E-state index contributed by atoms with van der Waals surface area (Å²) in [6.07, 6.45) is -10.3. The molecule has 1 aliphatic heterocycles. The summed E-state index contributed by atoms with van der Waals surface area (Å²) >= 11 is 0. The highest BCUT2D eigenvalue weighted by atomic mass is 19.4. The average molecular weight is 543 g/mol. The molecule has 0 N–H and O–H groups in total. The molecular formula is C26H24F7N3O2. The largest absolute Gasteiger partial charge is 0.416 e. The van der Waals surface area contributed by atoms with Crippen molar-refractivity contribution in [2.24, 2.45) is 0 Å². The van der Waals surface area contributed by atoms with Crippen LogP contribution in [0.1, 0.15) is 46.9 Å². The summed E-state index contributed by atoms with van der Waals surface area (Å²) in [6.45, 7) is 3.27. The number of halogens is 7. The van der Waals surface area contributed by atoms with Crippen molar-refractivity contribution < 1.29 is 40.3 Å². The minimum Gasteiger partial charge on any atom is -0.368 e. The van der Waals surface area contributed by atoms with Gasteiger partial charge < -0.3 is 9.64 Å². The molecule has 1 fully saturated rings. The molecule has 2 aromatic carbocycles. The second kappa shape index (κ2) is 10.4. The fraction of sp³-hybridized carbons (Fsp3) is 0.385. The van der Waals surface area contributed by atoms with Crippen molar-refractivity contribution in [2.75, 3.05) is 13.1 Å². The van der Waals surface area contributed by atoms with Crippen molar-refractivity contribution in [3.05, 3.63) is 88.5 Å². The number of benzene rings is 2. The van der Waals surface area contributed by atoms with E-state index in [4.69, 9.17) is 4.74 Å². The summed E-state index contributed by atoms with van der Waals surface area (Å²) in [4.78, 5) is 14.5. The number of carbonyl (C=O) groups is 1. The molecule has 0 radical (unpaired) electrons. The van der Waals surface area contributed by atoms with E-state index in [1.54, 1.807) is 19.2 Å². The molecule has 3 unspecified atom stereocenters. The summed E-state index contributed by atoms with van der Waals surface area (Å²) in [7, 11) is 0. The number of rotatable bonds is 6. The quantitative estimate of drug-likeness (QED) is 0.351. The smallest absolute Gasteiger partial charge is 0.368 e. The van der Waals surface area contributed by atoms with Gasteiger partial charge in [-0.2, -0.15) is 31.4 Å². The van der Waals surface area contributed by atoms with Crippen LogP contribution in [-0.2, 0) is 28.4 Å². The Bertz CT molecular complexity index is 1250. The molecule has 38 heavy (non-hydrogen) atoms. The SMILES string of the molecule is Cc1ccn(CC(=O)N2CC(OC(C)c3cc(C(F)(F)F)cc(C(F)(F)F)c3)C(c3ccc(F)cc3)C2)n1. The van der Waals surface area contributed by atoms with E-state index in [-0.39, 0.29) is 37.2 Å². The molecule has 3 aromatic rings. The van der Waals surface area contributed by atoms with Crippen LogP contribution in [0.15, 0.2) is 54.7 Å². The van der Waals surface area contributed by atoms with E-state index in [0.717, 1.165) is 5.69 Å². The van der Waals surface area contributed by atoms with Crippen LogP contribution in [0.4, 0.5) is 30.7 Å². The van der Waals surface area contributed by atoms with E-state index in [0.29, 0.717) is 17.7 Å². The molecule has 4 rings (SSSR count). The molecule has 1 saturated heterocycles. The standard InChI is InChI=1S/C26H24F7N3O2/c1-15-7-8-36(34-15)14-24(37)35-12-22(17-3-5-21(27)6-4-17)23(13-35)38-16(2)18-9-19(25(28,29)30)11-20(10-18)26(31,32)33/h3-11,16,22-23H,12-14H2,1-2H3. The first kappa shape index (κ1) is 27.6. The molecule has 0 spiro atoms. The maximum absolute atomic E-state index is 13.5. The van der Waals surface area contributed by atoms with Crippen molar-refractivity contribution >= 4 is 5.91 Å². The van der Waals surface area contributed by atoms with Gasteiger partial charge in [-0.1, -0.05) is 12.1 Å². The molecule has 3 atom stereocenters. The lowest BCUT2D eigenvalue weighted by molar-refractivity contribution is -0.143. The number of carbonyl (C=O) groups excluding carboxylic acids is 1. The molecule has 0 aliphatic carbocycles. The van der Waals surface area contributed by atoms with Gasteiger partial charge in [-0.3, -0.25) is 9.48 Å². The molecule has 1 aromatic heterocycles. The van der Waals surface area contributed by atoms with E-state index in [2.05, 4.69) is 5.10 Å². The summed E-state index contributed by atoms with van der Waals surface area (Å²) in [5.74, 6) is -1.27. The fourth-order valence-electron chi connectivity index (χ4n) is 4.49. The summed E-state index contributed by atoms with van der Waals surface area (Å²) in [5, 5.41) is 4.18. The number of alkyl halides is 6. The molecule has 5 nitrogen and oxygen atoms in total. The number of hydrogen-bond donors (Lipinski definition) is 0. The van der Waals surface area contributed by atoms with Crippen LogP contribution in [0.25, 0.3) is 0 Å². The van der Waals surface area contributed by atoms with Gasteiger partial charge in [0.05, 0.1) is 29.0 Å². The minimum atomic E-state index is -4.99. The van der Waals surface area contributed by atoms with Gasteiger partial charge in [0.25, 0.3) is 0 Å². The Balaban J connectivity index is 1.61. The first-order valence-electron chi connectivity index (χ1n) is 11.7. The molecule has 2 heterocycles. The van der Waals surface area contributed by atoms with Crippen LogP contribution >= 0.6 is 0 Å². The van der Waals surface area contributed by atoms with Gasteiger partial charge in [0.15, 0.2) is 0 Å². The lowest BCUT2D eigenvalue weighted by Crippen LogP contribution is -2.33. The number of hydrogen-bond acceptors (Lipinski definition) is 3. The molecule has 204 valence electrons. The normalized spacial score (nSPS) is 19.1. The summed E-state index contributed by atoms with van der Waals surface area (Å²) < 4.78 is 101. The lowest BCUT2D eigenvalue weighted by atomic mass is 9.95. The molecule has 12 heteroatoms. The van der Waals surface area contributed by atoms with Gasteiger partial charge in [-0.25, -0.2) is 4.39 Å². The third-order valence-electron chi connectivity index (χ3n) is 6.45. The van der Waals surface area contributed by atoms with Crippen molar-refractivity contribution in [2.45, 2.75) is 50.9 Å². The zero-order valence-corrected chi connectivity index (χ0v) is 20.4. The predicted octanol–water partition coefficient (Wildman–Crippen LogP) is 6.14. The van der Waals surface area contributed by atoms with Gasteiger partial charge in [0.2, 0.25) is 5.91 Å². The Hall–Kier alpha value is -3.41. The van der Waals surface area contributed by atoms with E-state index < -0.39 is 47.4 Å². The first-order valence-corrected chi connectivity index (χ1v) is 11.7. The number of ether oxygens (including phenoxy) is 1. The topological polar surface area (TPSA) is 47.4 Å². The highest BCUT2D eigenvalue weighted by Crippen LogP contribution is 2.39. The zero-order valence-electron chi connectivity index (χ0n) is 20.4. The van der Waals surface area contributed by atoms with E-state index in [1.807, 2.05) is 0 Å². The summed E-state index contributed by atoms with van der Waals surface area (Å²) in [5.41, 5.74) is -1.84. The molecule has 0 saturated carbocycles. The Morgan fingerprint density at radius 1 is 1.00 bits per heavy atom. The Morgan fingerprint density at radius 2 is 1.61 bits per heavy atom. The van der Waals surface area contributed by atoms with Gasteiger partial charge in [0, 0.05) is 25.2 Å². The predicted molar refractivity (Wildman–Crippen MR) is 122 cm³/mol. The van der Waals surface area contributed by atoms with Crippen LogP contribution < -0.4 is 0 Å². The van der Waals surface area contributed by atoms with E-state index in [9.17, 15) is 35.5 Å². The maximum atomic E-state index is 13.5. The van der Waals surface area contributed by atoms with Crippen molar-refractivity contribution in [3.63, 3.8) is 0 Å². The van der Waals surface area contributed by atoms with Crippen molar-refractivity contribution in [1.29, 1.82) is 0 Å². The first-order chi connectivity index (χ1) is 17.7. The van der Waals surface area contributed by atoms with Gasteiger partial charge in [0.1, 0.15) is 12.4 Å². The average Bonchev–Trinajstić information content (AvgIpc) is 3.44. The fourth-order valence-corrected chi connectivity index (χ4v) is 4.49. The monoisotopic (exact) mass is 543 g/mol. The number of amides is 1. The molecule has 1 aliphatic rings. The number of aryl methyl sites for hydroxylation is 1. The van der Waals surface area contributed by atoms with E-state index in [1.165, 1.54) is 40.8 Å². The number of likely N-dealkylation sites (tertiary alicyclic amines) is 1.